The molecule has 0 saturated carbocycles. The lowest BCUT2D eigenvalue weighted by atomic mass is 10.1. The number of aromatic nitrogens is 4. The fourth-order valence-electron chi connectivity index (χ4n) is 3.16. The zero-order valence-electron chi connectivity index (χ0n) is 14.9. The van der Waals surface area contributed by atoms with Crippen LogP contribution in [0.2, 0.25) is 5.02 Å². The maximum absolute atomic E-state index is 6.07. The van der Waals surface area contributed by atoms with Crippen LogP contribution < -0.4 is 4.74 Å². The molecule has 136 valence electrons. The van der Waals surface area contributed by atoms with E-state index in [2.05, 4.69) is 26.0 Å². The predicted octanol–water partition coefficient (Wildman–Crippen LogP) is 4.39. The van der Waals surface area contributed by atoms with Crippen LogP contribution in [0.4, 0.5) is 0 Å². The zero-order valence-corrected chi connectivity index (χ0v) is 15.7. The van der Waals surface area contributed by atoms with Gasteiger partial charge in [0.1, 0.15) is 17.2 Å². The summed E-state index contributed by atoms with van der Waals surface area (Å²) in [7, 11) is 1.69. The van der Waals surface area contributed by atoms with Gasteiger partial charge < -0.3 is 9.72 Å². The average molecular weight is 379 g/mol. The number of hydrogen-bond acceptors (Lipinski definition) is 4. The zero-order chi connectivity index (χ0) is 18.6. The van der Waals surface area contributed by atoms with Gasteiger partial charge in [0.15, 0.2) is 0 Å². The second-order valence-electron chi connectivity index (χ2n) is 6.36. The van der Waals surface area contributed by atoms with Crippen LogP contribution in [0, 0.1) is 0 Å². The van der Waals surface area contributed by atoms with Crippen molar-refractivity contribution >= 4 is 22.6 Å². The molecule has 0 unspecified atom stereocenters. The van der Waals surface area contributed by atoms with Gasteiger partial charge in [-0.05, 0) is 35.2 Å². The third-order valence-electron chi connectivity index (χ3n) is 4.55. The number of methoxy groups -OCH3 is 1. The van der Waals surface area contributed by atoms with E-state index in [1.807, 2.05) is 42.9 Å². The quantitative estimate of drug-likeness (QED) is 0.540. The molecule has 0 radical (unpaired) electrons. The number of hydrogen-bond donors (Lipinski definition) is 1. The molecular weight excluding hydrogens is 360 g/mol. The fraction of sp³-hybridized carbons (Fsp3) is 0.190. The Bertz CT molecular complexity index is 1060. The normalized spacial score (nSPS) is 11.0. The minimum absolute atomic E-state index is 0.631. The van der Waals surface area contributed by atoms with Gasteiger partial charge in [-0.15, -0.1) is 0 Å². The molecule has 4 rings (SSSR count). The number of benzene rings is 1. The van der Waals surface area contributed by atoms with Crippen LogP contribution in [0.5, 0.6) is 5.75 Å². The Balaban J connectivity index is 1.45. The highest BCUT2D eigenvalue weighted by Crippen LogP contribution is 2.22. The minimum Gasteiger partial charge on any atom is -0.496 e. The first-order valence-electron chi connectivity index (χ1n) is 8.76. The highest BCUT2D eigenvalue weighted by Gasteiger charge is 2.08. The summed E-state index contributed by atoms with van der Waals surface area (Å²) < 4.78 is 5.40. The Morgan fingerprint density at radius 3 is 2.63 bits per heavy atom. The smallest absolute Gasteiger partial charge is 0.137 e. The number of aryl methyl sites for hydroxylation is 2. The van der Waals surface area contributed by atoms with E-state index in [0.29, 0.717) is 5.02 Å². The molecule has 0 spiro atoms. The molecule has 5 nitrogen and oxygen atoms in total. The van der Waals surface area contributed by atoms with Crippen LogP contribution in [0.3, 0.4) is 0 Å². The van der Waals surface area contributed by atoms with Gasteiger partial charge in [0.2, 0.25) is 0 Å². The molecule has 0 atom stereocenters. The Kier molecular flexibility index (Phi) is 5.03. The summed E-state index contributed by atoms with van der Waals surface area (Å²) in [5, 5.41) is 1.66. The van der Waals surface area contributed by atoms with Crippen molar-refractivity contribution in [1.29, 1.82) is 0 Å². The number of halogens is 1. The van der Waals surface area contributed by atoms with E-state index in [4.69, 9.17) is 16.3 Å². The second-order valence-corrected chi connectivity index (χ2v) is 6.80. The minimum atomic E-state index is 0.631. The van der Waals surface area contributed by atoms with Crippen LogP contribution in [-0.4, -0.2) is 27.0 Å². The number of pyridine rings is 1. The van der Waals surface area contributed by atoms with E-state index in [1.54, 1.807) is 13.3 Å². The Labute approximate surface area is 162 Å². The largest absolute Gasteiger partial charge is 0.496 e. The Hall–Kier alpha value is -2.92. The predicted molar refractivity (Wildman–Crippen MR) is 106 cm³/mol. The molecule has 0 aliphatic rings. The lowest BCUT2D eigenvalue weighted by Crippen LogP contribution is -2.01. The van der Waals surface area contributed by atoms with Gasteiger partial charge in [-0.3, -0.25) is 0 Å². The summed E-state index contributed by atoms with van der Waals surface area (Å²) in [6, 6.07) is 9.97. The van der Waals surface area contributed by atoms with E-state index in [-0.39, 0.29) is 0 Å². The Morgan fingerprint density at radius 2 is 1.81 bits per heavy atom. The summed E-state index contributed by atoms with van der Waals surface area (Å²) >= 11 is 6.07. The van der Waals surface area contributed by atoms with Gasteiger partial charge in [0, 0.05) is 43.0 Å². The van der Waals surface area contributed by atoms with E-state index >= 15 is 0 Å². The van der Waals surface area contributed by atoms with Gasteiger partial charge in [-0.2, -0.15) is 0 Å². The molecule has 0 aliphatic heterocycles. The highest BCUT2D eigenvalue weighted by atomic mass is 35.5. The molecule has 3 aromatic heterocycles. The highest BCUT2D eigenvalue weighted by molar-refractivity contribution is 6.31. The summed E-state index contributed by atoms with van der Waals surface area (Å²) in [6.45, 7) is 0. The number of ether oxygens (including phenoxy) is 1. The number of aromatic amines is 1. The summed E-state index contributed by atoms with van der Waals surface area (Å²) in [6.07, 6.45) is 9.73. The van der Waals surface area contributed by atoms with Crippen LogP contribution in [0.25, 0.3) is 11.0 Å². The van der Waals surface area contributed by atoms with Gasteiger partial charge in [-0.1, -0.05) is 29.8 Å². The molecule has 0 saturated heterocycles. The molecule has 1 N–H and O–H groups in total. The maximum Gasteiger partial charge on any atom is 0.137 e. The van der Waals surface area contributed by atoms with E-state index in [0.717, 1.165) is 58.6 Å². The van der Waals surface area contributed by atoms with E-state index in [1.165, 1.54) is 0 Å². The fourth-order valence-corrected chi connectivity index (χ4v) is 3.31. The van der Waals surface area contributed by atoms with E-state index in [9.17, 15) is 0 Å². The maximum atomic E-state index is 6.07. The molecule has 27 heavy (non-hydrogen) atoms. The van der Waals surface area contributed by atoms with Gasteiger partial charge in [0.05, 0.1) is 12.1 Å². The first kappa shape index (κ1) is 17.5. The third-order valence-corrected chi connectivity index (χ3v) is 4.75. The molecular formula is C21H19ClN4O. The summed E-state index contributed by atoms with van der Waals surface area (Å²) in [5.74, 6) is 1.73. The SMILES string of the molecule is COc1ccccc1CCc1ncc(Cc2c[nH]c3ncc(Cl)cc23)cn1. The first-order chi connectivity index (χ1) is 13.2. The van der Waals surface area contributed by atoms with Gasteiger partial charge >= 0.3 is 0 Å². The number of rotatable bonds is 6. The van der Waals surface area contributed by atoms with Crippen LogP contribution >= 0.6 is 11.6 Å². The van der Waals surface area contributed by atoms with Crippen LogP contribution in [0.1, 0.15) is 22.5 Å². The number of H-pyrrole nitrogens is 1. The second kappa shape index (κ2) is 7.76. The average Bonchev–Trinajstić information content (AvgIpc) is 3.09. The third kappa shape index (κ3) is 3.93. The topological polar surface area (TPSA) is 63.7 Å². The molecule has 0 bridgehead atoms. The van der Waals surface area contributed by atoms with Crippen molar-refractivity contribution in [2.45, 2.75) is 19.3 Å². The van der Waals surface area contributed by atoms with Crippen molar-refractivity contribution < 1.29 is 4.74 Å². The van der Waals surface area contributed by atoms with E-state index < -0.39 is 0 Å². The number of nitrogens with zero attached hydrogens (tertiary/aromatic N) is 3. The Morgan fingerprint density at radius 1 is 1.00 bits per heavy atom. The molecule has 1 aromatic carbocycles. The molecule has 4 aromatic rings. The van der Waals surface area contributed by atoms with Crippen molar-refractivity contribution in [2.75, 3.05) is 7.11 Å². The molecule has 0 amide bonds. The lowest BCUT2D eigenvalue weighted by Gasteiger charge is -2.07. The standard InChI is InChI=1S/C21H19ClN4O/c1-27-19-5-3-2-4-15(19)6-7-20-23-10-14(11-24-20)8-16-12-25-21-18(16)9-17(22)13-26-21/h2-5,9-13H,6-8H2,1H3,(H,25,26). The number of para-hydroxylation sites is 1. The van der Waals surface area contributed by atoms with Crippen molar-refractivity contribution in [3.8, 4) is 5.75 Å². The number of nitrogens with one attached hydrogen (secondary N) is 1. The van der Waals surface area contributed by atoms with Gasteiger partial charge in [0.25, 0.3) is 0 Å². The molecule has 3 heterocycles. The van der Waals surface area contributed by atoms with Crippen LogP contribution in [0.15, 0.2) is 55.1 Å². The van der Waals surface area contributed by atoms with Crippen molar-refractivity contribution in [3.05, 3.63) is 82.7 Å². The summed E-state index contributed by atoms with van der Waals surface area (Å²) in [5.41, 5.74) is 4.18. The van der Waals surface area contributed by atoms with Crippen LogP contribution in [-0.2, 0) is 19.3 Å². The monoisotopic (exact) mass is 378 g/mol. The first-order valence-corrected chi connectivity index (χ1v) is 9.14. The summed E-state index contributed by atoms with van der Waals surface area (Å²) in [4.78, 5) is 16.5. The van der Waals surface area contributed by atoms with Crippen molar-refractivity contribution in [3.63, 3.8) is 0 Å². The lowest BCUT2D eigenvalue weighted by molar-refractivity contribution is 0.409. The van der Waals surface area contributed by atoms with Crippen molar-refractivity contribution in [1.82, 2.24) is 19.9 Å². The molecule has 6 heteroatoms. The van der Waals surface area contributed by atoms with Gasteiger partial charge in [-0.25, -0.2) is 15.0 Å². The molecule has 0 aliphatic carbocycles. The molecule has 0 fully saturated rings. The number of fused-ring (bicyclic) bond motifs is 1. The van der Waals surface area contributed by atoms with Crippen molar-refractivity contribution in [2.24, 2.45) is 0 Å².